The Hall–Kier alpha value is -0.530. The number of carbonyl (C=O) groups is 2. The van der Waals surface area contributed by atoms with Crippen LogP contribution in [0.1, 0.15) is 54.9 Å². The van der Waals surface area contributed by atoms with Crippen LogP contribution < -0.4 is 0 Å². The molecule has 0 aromatic carbocycles. The molecule has 0 fully saturated rings. The Morgan fingerprint density at radius 2 is 1.52 bits per heavy atom. The molecule has 0 bridgehead atoms. The lowest BCUT2D eigenvalue weighted by Gasteiger charge is -2.32. The molecule has 0 aromatic heterocycles. The number of thioether (sulfide) groups is 2. The molecular formula is C18H30O4S3. The van der Waals surface area contributed by atoms with Gasteiger partial charge in [0.25, 0.3) is 0 Å². The number of ether oxygens (including phenoxy) is 2. The number of carbonyl (C=O) groups excluding carboxylic acids is 2. The lowest BCUT2D eigenvalue weighted by molar-refractivity contribution is -0.151. The summed E-state index contributed by atoms with van der Waals surface area (Å²) < 4.78 is 9.85. The van der Waals surface area contributed by atoms with Gasteiger partial charge in [0.05, 0.1) is 0 Å². The van der Waals surface area contributed by atoms with Crippen LogP contribution in [0.5, 0.6) is 0 Å². The first-order valence-electron chi connectivity index (χ1n) is 8.07. The van der Waals surface area contributed by atoms with E-state index in [0.29, 0.717) is 3.53 Å². The molecule has 0 heterocycles. The Morgan fingerprint density at radius 3 is 2.00 bits per heavy atom. The lowest BCUT2D eigenvalue weighted by atomic mass is 9.86. The average molecular weight is 407 g/mol. The molecule has 0 radical (unpaired) electrons. The van der Waals surface area contributed by atoms with E-state index < -0.39 is 10.7 Å². The fraction of sp³-hybridized carbons (Fsp3) is 0.722. The average Bonchev–Trinajstić information content (AvgIpc) is 2.38. The summed E-state index contributed by atoms with van der Waals surface area (Å²) >= 11 is 8.42. The Labute approximate surface area is 165 Å². The Morgan fingerprint density at radius 1 is 1.00 bits per heavy atom. The summed E-state index contributed by atoms with van der Waals surface area (Å²) in [6, 6.07) is 0. The molecule has 0 unspecified atom stereocenters. The highest BCUT2D eigenvalue weighted by Crippen LogP contribution is 2.42. The van der Waals surface area contributed by atoms with E-state index in [2.05, 4.69) is 41.2 Å². The van der Waals surface area contributed by atoms with Crippen LogP contribution >= 0.6 is 35.7 Å². The SMILES string of the molecule is C=CC(=O)OCCOC(=O)C(C)(C)SC(=S)SC(C)(C)CC(C)(C)C. The second-order valence-electron chi connectivity index (χ2n) is 7.97. The maximum atomic E-state index is 12.2. The highest BCUT2D eigenvalue weighted by molar-refractivity contribution is 8.48. The molecule has 144 valence electrons. The number of esters is 2. The molecule has 0 saturated carbocycles. The molecule has 25 heavy (non-hydrogen) atoms. The van der Waals surface area contributed by atoms with Crippen molar-refractivity contribution in [2.75, 3.05) is 13.2 Å². The minimum Gasteiger partial charge on any atom is -0.461 e. The van der Waals surface area contributed by atoms with Crippen molar-refractivity contribution in [3.8, 4) is 0 Å². The monoisotopic (exact) mass is 406 g/mol. The summed E-state index contributed by atoms with van der Waals surface area (Å²) in [4.78, 5) is 23.2. The van der Waals surface area contributed by atoms with Crippen LogP contribution in [-0.4, -0.2) is 38.2 Å². The molecule has 0 rings (SSSR count). The van der Waals surface area contributed by atoms with Crippen molar-refractivity contribution in [2.45, 2.75) is 64.4 Å². The first-order chi connectivity index (χ1) is 11.2. The third-order valence-corrected chi connectivity index (χ3v) is 5.58. The van der Waals surface area contributed by atoms with E-state index in [-0.39, 0.29) is 29.3 Å². The van der Waals surface area contributed by atoms with E-state index in [1.807, 2.05) is 0 Å². The largest absolute Gasteiger partial charge is 0.461 e. The van der Waals surface area contributed by atoms with Gasteiger partial charge in [0.2, 0.25) is 0 Å². The van der Waals surface area contributed by atoms with Crippen molar-refractivity contribution in [1.29, 1.82) is 0 Å². The van der Waals surface area contributed by atoms with E-state index in [1.54, 1.807) is 25.6 Å². The number of rotatable bonds is 8. The maximum absolute atomic E-state index is 12.2. The number of thiocarbonyl (C=S) groups is 1. The van der Waals surface area contributed by atoms with E-state index in [0.717, 1.165) is 12.5 Å². The van der Waals surface area contributed by atoms with Gasteiger partial charge in [-0.25, -0.2) is 4.79 Å². The molecule has 0 N–H and O–H groups in total. The Bertz CT molecular complexity index is 505. The zero-order valence-corrected chi connectivity index (χ0v) is 18.7. The first kappa shape index (κ1) is 24.5. The van der Waals surface area contributed by atoms with Crippen LogP contribution in [0.4, 0.5) is 0 Å². The van der Waals surface area contributed by atoms with Crippen molar-refractivity contribution in [3.05, 3.63) is 12.7 Å². The topological polar surface area (TPSA) is 52.6 Å². The summed E-state index contributed by atoms with van der Waals surface area (Å²) in [5, 5.41) is 0. The predicted octanol–water partition coefficient (Wildman–Crippen LogP) is 5.00. The molecule has 0 spiro atoms. The van der Waals surface area contributed by atoms with E-state index in [9.17, 15) is 9.59 Å². The highest BCUT2D eigenvalue weighted by Gasteiger charge is 2.34. The molecule has 0 amide bonds. The molecule has 0 aliphatic rings. The van der Waals surface area contributed by atoms with Gasteiger partial charge >= 0.3 is 11.9 Å². The molecule has 0 aliphatic heterocycles. The molecule has 0 aromatic rings. The number of hydrogen-bond donors (Lipinski definition) is 0. The summed E-state index contributed by atoms with van der Waals surface area (Å²) in [5.74, 6) is -0.924. The van der Waals surface area contributed by atoms with Gasteiger partial charge in [0.1, 0.15) is 21.5 Å². The minimum absolute atomic E-state index is 0.00908. The van der Waals surface area contributed by atoms with E-state index >= 15 is 0 Å². The van der Waals surface area contributed by atoms with Gasteiger partial charge in [-0.3, -0.25) is 4.79 Å². The Balaban J connectivity index is 4.48. The van der Waals surface area contributed by atoms with Crippen molar-refractivity contribution in [1.82, 2.24) is 0 Å². The van der Waals surface area contributed by atoms with Crippen LogP contribution in [0, 0.1) is 5.41 Å². The standard InChI is InChI=1S/C18H30O4S3/c1-9-13(19)21-10-11-22-14(20)18(7,8)25-15(23)24-17(5,6)12-16(2,3)4/h9H,1,10-12H2,2-8H3. The van der Waals surface area contributed by atoms with Gasteiger partial charge in [-0.2, -0.15) is 0 Å². The lowest BCUT2D eigenvalue weighted by Crippen LogP contribution is -2.33. The van der Waals surface area contributed by atoms with Gasteiger partial charge in [-0.05, 0) is 25.7 Å². The number of hydrogen-bond acceptors (Lipinski definition) is 7. The molecule has 0 saturated heterocycles. The first-order valence-corrected chi connectivity index (χ1v) is 10.1. The summed E-state index contributed by atoms with van der Waals surface area (Å²) in [6.45, 7) is 17.8. The summed E-state index contributed by atoms with van der Waals surface area (Å²) in [7, 11) is 0. The molecular weight excluding hydrogens is 376 g/mol. The zero-order chi connectivity index (χ0) is 19.9. The normalized spacial score (nSPS) is 12.4. The van der Waals surface area contributed by atoms with Crippen LogP contribution in [-0.2, 0) is 19.1 Å². The van der Waals surface area contributed by atoms with Crippen molar-refractivity contribution < 1.29 is 19.1 Å². The summed E-state index contributed by atoms with van der Waals surface area (Å²) in [6.07, 6.45) is 2.07. The van der Waals surface area contributed by atoms with Crippen LogP contribution in [0.2, 0.25) is 0 Å². The highest BCUT2D eigenvalue weighted by atomic mass is 32.2. The van der Waals surface area contributed by atoms with Crippen LogP contribution in [0.15, 0.2) is 12.7 Å². The molecule has 0 aliphatic carbocycles. The van der Waals surface area contributed by atoms with Crippen molar-refractivity contribution >= 4 is 51.2 Å². The third kappa shape index (κ3) is 11.7. The van der Waals surface area contributed by atoms with E-state index in [1.165, 1.54) is 11.8 Å². The summed E-state index contributed by atoms with van der Waals surface area (Å²) in [5.41, 5.74) is 0.202. The van der Waals surface area contributed by atoms with Crippen molar-refractivity contribution in [2.24, 2.45) is 5.41 Å². The second kappa shape index (κ2) is 9.97. The van der Waals surface area contributed by atoms with Crippen LogP contribution in [0.3, 0.4) is 0 Å². The van der Waals surface area contributed by atoms with E-state index in [4.69, 9.17) is 21.7 Å². The predicted molar refractivity (Wildman–Crippen MR) is 112 cm³/mol. The fourth-order valence-electron chi connectivity index (χ4n) is 2.32. The maximum Gasteiger partial charge on any atom is 0.330 e. The Kier molecular flexibility index (Phi) is 9.76. The smallest absolute Gasteiger partial charge is 0.330 e. The fourth-order valence-corrected chi connectivity index (χ4v) is 6.60. The van der Waals surface area contributed by atoms with Gasteiger partial charge in [-0.15, -0.1) is 11.8 Å². The van der Waals surface area contributed by atoms with Crippen molar-refractivity contribution in [3.63, 3.8) is 0 Å². The molecule has 7 heteroatoms. The van der Waals surface area contributed by atoms with Gasteiger partial charge < -0.3 is 9.47 Å². The molecule has 4 nitrogen and oxygen atoms in total. The minimum atomic E-state index is -0.801. The van der Waals surface area contributed by atoms with Gasteiger partial charge in [0.15, 0.2) is 0 Å². The molecule has 0 atom stereocenters. The quantitative estimate of drug-likeness (QED) is 0.243. The third-order valence-electron chi connectivity index (χ3n) is 2.87. The van der Waals surface area contributed by atoms with Crippen LogP contribution in [0.25, 0.3) is 0 Å². The zero-order valence-electron chi connectivity index (χ0n) is 16.3. The van der Waals surface area contributed by atoms with Gasteiger partial charge in [-0.1, -0.05) is 65.2 Å². The second-order valence-corrected chi connectivity index (χ2v) is 12.5. The van der Waals surface area contributed by atoms with Gasteiger partial charge in [0, 0.05) is 10.8 Å².